The molecular weight excluding hydrogens is 476 g/mol. The van der Waals surface area contributed by atoms with E-state index < -0.39 is 23.1 Å². The first kappa shape index (κ1) is 24.3. The molecule has 4 aromatic rings. The van der Waals surface area contributed by atoms with Crippen LogP contribution >= 0.6 is 0 Å². The summed E-state index contributed by atoms with van der Waals surface area (Å²) in [4.78, 5) is 42.5. The van der Waals surface area contributed by atoms with Gasteiger partial charge >= 0.3 is 5.97 Å². The minimum absolute atomic E-state index is 0.0103. The Kier molecular flexibility index (Phi) is 6.54. The number of para-hydroxylation sites is 1. The summed E-state index contributed by atoms with van der Waals surface area (Å²) < 4.78 is 10.9. The maximum absolute atomic E-state index is 13.6. The fraction of sp³-hybridized carbons (Fsp3) is 0.250. The third-order valence-electron chi connectivity index (χ3n) is 6.78. The molecule has 5 rings (SSSR count). The minimum atomic E-state index is -1.09. The van der Waals surface area contributed by atoms with Crippen molar-refractivity contribution in [3.63, 3.8) is 0 Å². The second kappa shape index (κ2) is 9.94. The number of methoxy groups -OCH3 is 1. The SMILES string of the molecule is COCc1cc(=O)c(O)c(C(CC(=O)N2CCc3c([nH]c4ccccc34)C2)c2ccc(C(=O)O)cc2)o1. The summed E-state index contributed by atoms with van der Waals surface area (Å²) in [5.74, 6) is -2.52. The molecule has 0 bridgehead atoms. The first-order chi connectivity index (χ1) is 17.9. The van der Waals surface area contributed by atoms with Crippen LogP contribution in [0.3, 0.4) is 0 Å². The van der Waals surface area contributed by atoms with Gasteiger partial charge in [-0.05, 0) is 35.7 Å². The highest BCUT2D eigenvalue weighted by Crippen LogP contribution is 2.35. The summed E-state index contributed by atoms with van der Waals surface area (Å²) in [5.41, 5.74) is 3.19. The molecule has 1 amide bonds. The van der Waals surface area contributed by atoms with Crippen molar-refractivity contribution in [2.75, 3.05) is 13.7 Å². The quantitative estimate of drug-likeness (QED) is 0.350. The zero-order chi connectivity index (χ0) is 26.1. The van der Waals surface area contributed by atoms with Crippen LogP contribution in [0.15, 0.2) is 63.8 Å². The lowest BCUT2D eigenvalue weighted by Gasteiger charge is -2.29. The number of benzene rings is 2. The second-order valence-corrected chi connectivity index (χ2v) is 9.10. The number of aromatic carboxylic acids is 1. The van der Waals surface area contributed by atoms with Crippen molar-refractivity contribution in [1.82, 2.24) is 9.88 Å². The summed E-state index contributed by atoms with van der Waals surface area (Å²) in [7, 11) is 1.45. The molecule has 3 N–H and O–H groups in total. The average Bonchev–Trinajstić information content (AvgIpc) is 3.27. The Hall–Kier alpha value is -4.37. The van der Waals surface area contributed by atoms with Crippen LogP contribution in [-0.4, -0.2) is 45.6 Å². The van der Waals surface area contributed by atoms with Crippen LogP contribution in [0.25, 0.3) is 10.9 Å². The fourth-order valence-electron chi connectivity index (χ4n) is 4.93. The van der Waals surface area contributed by atoms with E-state index in [-0.39, 0.29) is 36.0 Å². The van der Waals surface area contributed by atoms with Gasteiger partial charge in [-0.1, -0.05) is 30.3 Å². The molecule has 1 atom stereocenters. The van der Waals surface area contributed by atoms with Crippen LogP contribution in [0.1, 0.15) is 51.0 Å². The molecule has 1 aliphatic rings. The van der Waals surface area contributed by atoms with Gasteiger partial charge in [0.1, 0.15) is 12.4 Å². The summed E-state index contributed by atoms with van der Waals surface area (Å²) in [6.07, 6.45) is 0.613. The van der Waals surface area contributed by atoms with Gasteiger partial charge in [-0.25, -0.2) is 4.79 Å². The zero-order valence-corrected chi connectivity index (χ0v) is 20.2. The number of aromatic amines is 1. The van der Waals surface area contributed by atoms with E-state index in [1.807, 2.05) is 18.2 Å². The molecule has 2 aromatic heterocycles. The van der Waals surface area contributed by atoms with E-state index in [4.69, 9.17) is 9.15 Å². The number of amides is 1. The van der Waals surface area contributed by atoms with Crippen LogP contribution in [0, 0.1) is 0 Å². The smallest absolute Gasteiger partial charge is 0.335 e. The lowest BCUT2D eigenvalue weighted by molar-refractivity contribution is -0.132. The van der Waals surface area contributed by atoms with Crippen LogP contribution in [0.4, 0.5) is 0 Å². The number of nitrogens with zero attached hydrogens (tertiary/aromatic N) is 1. The number of aromatic nitrogens is 1. The molecular formula is C28H26N2O7. The fourth-order valence-corrected chi connectivity index (χ4v) is 4.93. The van der Waals surface area contributed by atoms with Gasteiger partial charge in [0.25, 0.3) is 0 Å². The Bertz CT molecular complexity index is 1530. The molecule has 9 nitrogen and oxygen atoms in total. The molecule has 0 fully saturated rings. The van der Waals surface area contributed by atoms with E-state index in [1.165, 1.54) is 24.8 Å². The predicted octanol–water partition coefficient (Wildman–Crippen LogP) is 3.78. The summed E-state index contributed by atoms with van der Waals surface area (Å²) in [6, 6.07) is 15.1. The maximum atomic E-state index is 13.6. The van der Waals surface area contributed by atoms with Crippen LogP contribution in [-0.2, 0) is 29.1 Å². The molecule has 1 aliphatic heterocycles. The number of carbonyl (C=O) groups is 2. The maximum Gasteiger partial charge on any atom is 0.335 e. The molecule has 1 unspecified atom stereocenters. The molecule has 0 spiro atoms. The highest BCUT2D eigenvalue weighted by Gasteiger charge is 2.30. The van der Waals surface area contributed by atoms with Crippen molar-refractivity contribution >= 4 is 22.8 Å². The highest BCUT2D eigenvalue weighted by molar-refractivity contribution is 5.88. The number of carboxylic acid groups (broad SMARTS) is 1. The minimum Gasteiger partial charge on any atom is -0.502 e. The van der Waals surface area contributed by atoms with Gasteiger partial charge in [0.2, 0.25) is 17.1 Å². The van der Waals surface area contributed by atoms with Crippen LogP contribution in [0.5, 0.6) is 5.75 Å². The van der Waals surface area contributed by atoms with Gasteiger partial charge in [0.05, 0.1) is 18.0 Å². The number of nitrogens with one attached hydrogen (secondary N) is 1. The zero-order valence-electron chi connectivity index (χ0n) is 20.2. The van der Waals surface area contributed by atoms with Gasteiger partial charge in [0.15, 0.2) is 5.76 Å². The Balaban J connectivity index is 1.48. The Morgan fingerprint density at radius 1 is 1.16 bits per heavy atom. The number of hydrogen-bond donors (Lipinski definition) is 3. The number of ether oxygens (including phenoxy) is 1. The second-order valence-electron chi connectivity index (χ2n) is 9.10. The third-order valence-corrected chi connectivity index (χ3v) is 6.78. The van der Waals surface area contributed by atoms with Crippen molar-refractivity contribution in [3.8, 4) is 5.75 Å². The normalized spacial score (nSPS) is 13.9. The van der Waals surface area contributed by atoms with E-state index in [1.54, 1.807) is 17.0 Å². The van der Waals surface area contributed by atoms with Crippen molar-refractivity contribution in [1.29, 1.82) is 0 Å². The van der Waals surface area contributed by atoms with Crippen molar-refractivity contribution in [3.05, 3.63) is 98.7 Å². The van der Waals surface area contributed by atoms with E-state index in [2.05, 4.69) is 11.1 Å². The first-order valence-corrected chi connectivity index (χ1v) is 11.9. The van der Waals surface area contributed by atoms with E-state index in [0.29, 0.717) is 25.1 Å². The van der Waals surface area contributed by atoms with Gasteiger partial charge in [-0.3, -0.25) is 9.59 Å². The number of carboxylic acids is 1. The van der Waals surface area contributed by atoms with Crippen LogP contribution in [0.2, 0.25) is 0 Å². The van der Waals surface area contributed by atoms with E-state index >= 15 is 0 Å². The third kappa shape index (κ3) is 4.73. The number of H-pyrrole nitrogens is 1. The molecule has 0 saturated carbocycles. The number of hydrogen-bond acceptors (Lipinski definition) is 6. The molecule has 2 aromatic carbocycles. The Labute approximate surface area is 211 Å². The van der Waals surface area contributed by atoms with E-state index in [0.717, 1.165) is 22.7 Å². The largest absolute Gasteiger partial charge is 0.502 e. The molecule has 0 radical (unpaired) electrons. The molecule has 0 saturated heterocycles. The molecule has 9 heteroatoms. The summed E-state index contributed by atoms with van der Waals surface area (Å²) in [6.45, 7) is 0.946. The van der Waals surface area contributed by atoms with Gasteiger partial charge in [0, 0.05) is 42.7 Å². The molecule has 3 heterocycles. The lowest BCUT2D eigenvalue weighted by atomic mass is 9.90. The van der Waals surface area contributed by atoms with Crippen molar-refractivity contribution in [2.45, 2.75) is 31.9 Å². The topological polar surface area (TPSA) is 133 Å². The van der Waals surface area contributed by atoms with Gasteiger partial charge in [-0.2, -0.15) is 0 Å². The van der Waals surface area contributed by atoms with Gasteiger partial charge < -0.3 is 29.3 Å². The monoisotopic (exact) mass is 502 g/mol. The Morgan fingerprint density at radius 2 is 1.92 bits per heavy atom. The molecule has 0 aliphatic carbocycles. The number of fused-ring (bicyclic) bond motifs is 3. The average molecular weight is 503 g/mol. The Morgan fingerprint density at radius 3 is 2.65 bits per heavy atom. The van der Waals surface area contributed by atoms with Crippen molar-refractivity contribution in [2.24, 2.45) is 0 Å². The summed E-state index contributed by atoms with van der Waals surface area (Å²) in [5, 5.41) is 21.1. The summed E-state index contributed by atoms with van der Waals surface area (Å²) >= 11 is 0. The standard InChI is InChI=1S/C28H26N2O7/c1-36-15-18-12-24(31)26(33)27(37-18)21(16-6-8-17(9-7-16)28(34)35)13-25(32)30-11-10-20-19-4-2-3-5-22(19)29-23(20)14-30/h2-9,12,21,29,33H,10-11,13-15H2,1H3,(H,34,35). The molecule has 37 heavy (non-hydrogen) atoms. The first-order valence-electron chi connectivity index (χ1n) is 11.9. The van der Waals surface area contributed by atoms with Crippen molar-refractivity contribution < 1.29 is 29.0 Å². The van der Waals surface area contributed by atoms with Crippen LogP contribution < -0.4 is 5.43 Å². The van der Waals surface area contributed by atoms with Gasteiger partial charge in [-0.15, -0.1) is 0 Å². The number of aromatic hydroxyl groups is 1. The predicted molar refractivity (Wildman–Crippen MR) is 135 cm³/mol. The number of carbonyl (C=O) groups excluding carboxylic acids is 1. The lowest BCUT2D eigenvalue weighted by Crippen LogP contribution is -2.36. The van der Waals surface area contributed by atoms with E-state index in [9.17, 15) is 24.6 Å². The number of rotatable bonds is 7. The molecule has 190 valence electrons. The highest BCUT2D eigenvalue weighted by atomic mass is 16.5.